The van der Waals surface area contributed by atoms with Gasteiger partial charge in [0.15, 0.2) is 0 Å². The molecule has 1 rings (SSSR count). The summed E-state index contributed by atoms with van der Waals surface area (Å²) in [6.45, 7) is 1.64. The fourth-order valence-electron chi connectivity index (χ4n) is 0.990. The standard InChI is InChI=1S/C9H8F2O2/c1-5-2-3-7(10)6(4-5)8(11)9(12)13/h2-4,8H,1H3,(H,12,13). The summed E-state index contributed by atoms with van der Waals surface area (Å²) in [5.74, 6) is -2.51. The Hall–Kier alpha value is -1.45. The smallest absolute Gasteiger partial charge is 0.343 e. The van der Waals surface area contributed by atoms with E-state index in [1.165, 1.54) is 12.1 Å². The van der Waals surface area contributed by atoms with E-state index in [0.29, 0.717) is 5.56 Å². The van der Waals surface area contributed by atoms with Gasteiger partial charge < -0.3 is 5.11 Å². The molecule has 1 unspecified atom stereocenters. The predicted octanol–water partition coefficient (Wildman–Crippen LogP) is 2.23. The molecule has 1 atom stereocenters. The van der Waals surface area contributed by atoms with E-state index in [9.17, 15) is 13.6 Å². The fourth-order valence-corrected chi connectivity index (χ4v) is 0.990. The monoisotopic (exact) mass is 186 g/mol. The first kappa shape index (κ1) is 9.64. The quantitative estimate of drug-likeness (QED) is 0.768. The third kappa shape index (κ3) is 2.02. The number of carboxylic acids is 1. The van der Waals surface area contributed by atoms with Crippen molar-refractivity contribution in [2.75, 3.05) is 0 Å². The average molecular weight is 186 g/mol. The van der Waals surface area contributed by atoms with Crippen LogP contribution in [0.15, 0.2) is 18.2 Å². The molecule has 0 bridgehead atoms. The number of aryl methyl sites for hydroxylation is 1. The molecule has 1 N–H and O–H groups in total. The fraction of sp³-hybridized carbons (Fsp3) is 0.222. The second-order valence-corrected chi connectivity index (χ2v) is 2.73. The molecule has 0 saturated heterocycles. The van der Waals surface area contributed by atoms with E-state index in [4.69, 9.17) is 5.11 Å². The molecular formula is C9H8F2O2. The lowest BCUT2D eigenvalue weighted by molar-refractivity contribution is -0.143. The van der Waals surface area contributed by atoms with E-state index in [-0.39, 0.29) is 0 Å². The molecule has 1 aromatic rings. The van der Waals surface area contributed by atoms with Crippen molar-refractivity contribution in [3.05, 3.63) is 35.1 Å². The van der Waals surface area contributed by atoms with Crippen molar-refractivity contribution < 1.29 is 18.7 Å². The van der Waals surface area contributed by atoms with E-state index < -0.39 is 23.5 Å². The van der Waals surface area contributed by atoms with Crippen LogP contribution in [0.2, 0.25) is 0 Å². The maximum atomic E-state index is 12.9. The zero-order chi connectivity index (χ0) is 10.0. The highest BCUT2D eigenvalue weighted by atomic mass is 19.1. The molecule has 0 saturated carbocycles. The molecule has 1 aromatic carbocycles. The van der Waals surface area contributed by atoms with Crippen molar-refractivity contribution in [1.29, 1.82) is 0 Å². The minimum atomic E-state index is -2.29. The molecule has 0 fully saturated rings. The molecule has 0 aromatic heterocycles. The summed E-state index contributed by atoms with van der Waals surface area (Å²) in [4.78, 5) is 10.2. The normalized spacial score (nSPS) is 12.5. The Labute approximate surface area is 73.8 Å². The highest BCUT2D eigenvalue weighted by molar-refractivity contribution is 5.74. The van der Waals surface area contributed by atoms with Gasteiger partial charge in [0.05, 0.1) is 0 Å². The topological polar surface area (TPSA) is 37.3 Å². The van der Waals surface area contributed by atoms with Gasteiger partial charge in [0.25, 0.3) is 0 Å². The molecule has 2 nitrogen and oxygen atoms in total. The number of alkyl halides is 1. The maximum absolute atomic E-state index is 12.9. The Morgan fingerprint density at radius 2 is 2.15 bits per heavy atom. The summed E-state index contributed by atoms with van der Waals surface area (Å²) in [5, 5.41) is 8.31. The van der Waals surface area contributed by atoms with Gasteiger partial charge in [0, 0.05) is 5.56 Å². The zero-order valence-corrected chi connectivity index (χ0v) is 6.92. The minimum absolute atomic E-state index is 0.424. The third-order valence-electron chi connectivity index (χ3n) is 1.64. The first-order valence-electron chi connectivity index (χ1n) is 3.65. The van der Waals surface area contributed by atoms with Crippen LogP contribution in [-0.2, 0) is 4.79 Å². The van der Waals surface area contributed by atoms with Crippen molar-refractivity contribution in [2.45, 2.75) is 13.1 Å². The Balaban J connectivity index is 3.12. The van der Waals surface area contributed by atoms with Crippen molar-refractivity contribution in [1.82, 2.24) is 0 Å². The summed E-state index contributed by atoms with van der Waals surface area (Å²) < 4.78 is 25.7. The number of aliphatic carboxylic acids is 1. The zero-order valence-electron chi connectivity index (χ0n) is 6.92. The molecular weight excluding hydrogens is 178 g/mol. The number of benzene rings is 1. The molecule has 0 heterocycles. The van der Waals surface area contributed by atoms with E-state index in [1.807, 2.05) is 0 Å². The minimum Gasteiger partial charge on any atom is -0.479 e. The first-order chi connectivity index (χ1) is 6.02. The summed E-state index contributed by atoms with van der Waals surface area (Å²) in [7, 11) is 0. The Morgan fingerprint density at radius 1 is 1.54 bits per heavy atom. The highest BCUT2D eigenvalue weighted by Gasteiger charge is 2.21. The van der Waals surface area contributed by atoms with Crippen molar-refractivity contribution in [3.63, 3.8) is 0 Å². The largest absolute Gasteiger partial charge is 0.479 e. The summed E-state index contributed by atoms with van der Waals surface area (Å²) in [6.07, 6.45) is -2.29. The van der Waals surface area contributed by atoms with Gasteiger partial charge in [-0.15, -0.1) is 0 Å². The van der Waals surface area contributed by atoms with E-state index in [1.54, 1.807) is 6.92 Å². The van der Waals surface area contributed by atoms with Gasteiger partial charge in [-0.1, -0.05) is 11.6 Å². The SMILES string of the molecule is Cc1ccc(F)c(C(F)C(=O)O)c1. The lowest BCUT2D eigenvalue weighted by atomic mass is 10.1. The van der Waals surface area contributed by atoms with Gasteiger partial charge >= 0.3 is 5.97 Å². The van der Waals surface area contributed by atoms with Gasteiger partial charge in [-0.25, -0.2) is 13.6 Å². The molecule has 0 aliphatic rings. The first-order valence-corrected chi connectivity index (χ1v) is 3.65. The van der Waals surface area contributed by atoms with E-state index >= 15 is 0 Å². The van der Waals surface area contributed by atoms with Gasteiger partial charge in [-0.05, 0) is 19.1 Å². The third-order valence-corrected chi connectivity index (χ3v) is 1.64. The summed E-state index contributed by atoms with van der Waals surface area (Å²) in [5.41, 5.74) is 0.202. The highest BCUT2D eigenvalue weighted by Crippen LogP contribution is 2.21. The molecule has 70 valence electrons. The second-order valence-electron chi connectivity index (χ2n) is 2.73. The van der Waals surface area contributed by atoms with Crippen molar-refractivity contribution in [3.8, 4) is 0 Å². The number of hydrogen-bond donors (Lipinski definition) is 1. The number of halogens is 2. The van der Waals surface area contributed by atoms with Gasteiger partial charge in [0.1, 0.15) is 5.82 Å². The van der Waals surface area contributed by atoms with E-state index in [2.05, 4.69) is 0 Å². The number of carboxylic acid groups (broad SMARTS) is 1. The van der Waals surface area contributed by atoms with Crippen LogP contribution >= 0.6 is 0 Å². The van der Waals surface area contributed by atoms with Crippen LogP contribution < -0.4 is 0 Å². The van der Waals surface area contributed by atoms with Gasteiger partial charge in [0.2, 0.25) is 6.17 Å². The van der Waals surface area contributed by atoms with Crippen LogP contribution in [0.4, 0.5) is 8.78 Å². The Kier molecular flexibility index (Phi) is 2.60. The molecule has 0 aliphatic heterocycles. The van der Waals surface area contributed by atoms with Crippen LogP contribution in [0.25, 0.3) is 0 Å². The predicted molar refractivity (Wildman–Crippen MR) is 42.6 cm³/mol. The van der Waals surface area contributed by atoms with Crippen molar-refractivity contribution in [2.24, 2.45) is 0 Å². The molecule has 0 radical (unpaired) electrons. The van der Waals surface area contributed by atoms with Crippen LogP contribution in [0.1, 0.15) is 17.3 Å². The molecule has 0 spiro atoms. The average Bonchev–Trinajstić information content (AvgIpc) is 2.08. The van der Waals surface area contributed by atoms with Gasteiger partial charge in [-0.2, -0.15) is 0 Å². The lowest BCUT2D eigenvalue weighted by Crippen LogP contribution is -2.08. The maximum Gasteiger partial charge on any atom is 0.343 e. The number of rotatable bonds is 2. The van der Waals surface area contributed by atoms with Gasteiger partial charge in [-0.3, -0.25) is 0 Å². The Bertz CT molecular complexity index is 336. The Morgan fingerprint density at radius 3 is 2.69 bits per heavy atom. The molecule has 4 heteroatoms. The van der Waals surface area contributed by atoms with Crippen LogP contribution in [-0.4, -0.2) is 11.1 Å². The number of hydrogen-bond acceptors (Lipinski definition) is 1. The summed E-state index contributed by atoms with van der Waals surface area (Å²) in [6, 6.07) is 3.70. The summed E-state index contributed by atoms with van der Waals surface area (Å²) >= 11 is 0. The number of carbonyl (C=O) groups is 1. The second kappa shape index (κ2) is 3.51. The van der Waals surface area contributed by atoms with Crippen molar-refractivity contribution >= 4 is 5.97 Å². The molecule has 13 heavy (non-hydrogen) atoms. The van der Waals surface area contributed by atoms with Crippen LogP contribution in [0.3, 0.4) is 0 Å². The van der Waals surface area contributed by atoms with Crippen LogP contribution in [0, 0.1) is 12.7 Å². The van der Waals surface area contributed by atoms with Crippen LogP contribution in [0.5, 0.6) is 0 Å². The van der Waals surface area contributed by atoms with E-state index in [0.717, 1.165) is 6.07 Å². The molecule has 0 aliphatic carbocycles. The molecule has 0 amide bonds. The lowest BCUT2D eigenvalue weighted by Gasteiger charge is -2.05.